The molecule has 0 spiro atoms. The maximum absolute atomic E-state index is 12.9. The van der Waals surface area contributed by atoms with Crippen molar-refractivity contribution in [3.8, 4) is 0 Å². The fourth-order valence-corrected chi connectivity index (χ4v) is 1.03. The van der Waals surface area contributed by atoms with E-state index in [1.165, 1.54) is 0 Å². The maximum Gasteiger partial charge on any atom is 1.00 e. The van der Waals surface area contributed by atoms with Crippen LogP contribution in [0.25, 0.3) is 0 Å². The summed E-state index contributed by atoms with van der Waals surface area (Å²) in [4.78, 5) is 5.71. The normalized spacial score (nSPS) is 17.0. The number of carbonyl (C=O) groups excluding carboxylic acids is 1. The summed E-state index contributed by atoms with van der Waals surface area (Å²) in [6.07, 6.45) is -21.9. The van der Waals surface area contributed by atoms with Crippen LogP contribution in [0.15, 0.2) is 0 Å². The van der Waals surface area contributed by atoms with Gasteiger partial charge in [-0.15, -0.1) is 0 Å². The van der Waals surface area contributed by atoms with E-state index in [1.54, 1.807) is 0 Å². The van der Waals surface area contributed by atoms with Gasteiger partial charge in [-0.1, -0.05) is 4.90 Å². The van der Waals surface area contributed by atoms with E-state index in [1.807, 2.05) is 0 Å². The van der Waals surface area contributed by atoms with Gasteiger partial charge >= 0.3 is 81.9 Å². The molecule has 16 heteroatoms. The second-order valence-electron chi connectivity index (χ2n) is 3.26. The van der Waals surface area contributed by atoms with Gasteiger partial charge in [-0.25, -0.2) is 4.39 Å². The molecule has 0 fully saturated rings. The minimum atomic E-state index is -7.62. The molecule has 1 unspecified atom stereocenters. The van der Waals surface area contributed by atoms with Crippen LogP contribution in [0, 0.1) is 0 Å². The monoisotopic (exact) mass is 385 g/mol. The standard InChI is InChI=1S/C6HF12NO2.K/c7-2(1(20)21,3(8,9)10)4(11,12)19(5(13,14)15)6(16,17)18;/h(H,20,21);/q;+1/p-1. The summed E-state index contributed by atoms with van der Waals surface area (Å²) >= 11 is 0. The van der Waals surface area contributed by atoms with Crippen molar-refractivity contribution in [1.82, 2.24) is 4.90 Å². The van der Waals surface area contributed by atoms with Crippen molar-refractivity contribution in [1.29, 1.82) is 0 Å². The van der Waals surface area contributed by atoms with E-state index in [-0.39, 0.29) is 51.4 Å². The first-order chi connectivity index (χ1) is 8.81. The van der Waals surface area contributed by atoms with Crippen LogP contribution in [-0.2, 0) is 4.79 Å². The van der Waals surface area contributed by atoms with Crippen LogP contribution in [0.2, 0.25) is 0 Å². The Bertz CT molecular complexity index is 399. The molecule has 0 radical (unpaired) electrons. The van der Waals surface area contributed by atoms with E-state index in [0.29, 0.717) is 0 Å². The molecular formula is C6F12KNO2. The number of hydrogen-bond donors (Lipinski definition) is 0. The summed E-state index contributed by atoms with van der Waals surface area (Å²) in [5, 5.41) is 9.83. The third-order valence-corrected chi connectivity index (χ3v) is 1.87. The zero-order valence-corrected chi connectivity index (χ0v) is 12.9. The van der Waals surface area contributed by atoms with Gasteiger partial charge in [0.25, 0.3) is 0 Å². The molecule has 3 nitrogen and oxygen atoms in total. The molecule has 1 atom stereocenters. The van der Waals surface area contributed by atoms with Crippen molar-refractivity contribution in [2.45, 2.75) is 30.5 Å². The molecule has 126 valence electrons. The molecule has 0 N–H and O–H groups in total. The zero-order chi connectivity index (χ0) is 17.7. The molecule has 0 heterocycles. The van der Waals surface area contributed by atoms with Gasteiger partial charge < -0.3 is 9.90 Å². The van der Waals surface area contributed by atoms with Crippen molar-refractivity contribution in [3.05, 3.63) is 0 Å². The fourth-order valence-electron chi connectivity index (χ4n) is 1.03. The van der Waals surface area contributed by atoms with E-state index in [2.05, 4.69) is 0 Å². The summed E-state index contributed by atoms with van der Waals surface area (Å²) < 4.78 is 146. The summed E-state index contributed by atoms with van der Waals surface area (Å²) in [6, 6.07) is -7.62. The largest absolute Gasteiger partial charge is 1.00 e. The van der Waals surface area contributed by atoms with E-state index in [0.717, 1.165) is 0 Å². The molecule has 22 heavy (non-hydrogen) atoms. The average Bonchev–Trinajstić information content (AvgIpc) is 2.07. The van der Waals surface area contributed by atoms with Gasteiger partial charge in [0.15, 0.2) is 0 Å². The third-order valence-electron chi connectivity index (χ3n) is 1.87. The number of carboxylic acid groups (broad SMARTS) is 1. The molecule has 0 aliphatic rings. The summed E-state index contributed by atoms with van der Waals surface area (Å²) in [5.74, 6) is -4.53. The minimum absolute atomic E-state index is 0. The van der Waals surface area contributed by atoms with Crippen LogP contribution >= 0.6 is 0 Å². The van der Waals surface area contributed by atoms with Crippen molar-refractivity contribution < 1.29 is 114 Å². The molecular weight excluding hydrogens is 385 g/mol. The van der Waals surface area contributed by atoms with E-state index in [4.69, 9.17) is 0 Å². The number of halogens is 12. The van der Waals surface area contributed by atoms with Crippen LogP contribution in [-0.4, -0.2) is 41.4 Å². The van der Waals surface area contributed by atoms with Crippen molar-refractivity contribution in [3.63, 3.8) is 0 Å². The van der Waals surface area contributed by atoms with Crippen LogP contribution in [0.5, 0.6) is 0 Å². The number of rotatable bonds is 3. The molecule has 0 aromatic heterocycles. The topological polar surface area (TPSA) is 43.4 Å². The Morgan fingerprint density at radius 2 is 1.00 bits per heavy atom. The van der Waals surface area contributed by atoms with E-state index in [9.17, 15) is 62.6 Å². The molecule has 0 rings (SSSR count). The van der Waals surface area contributed by atoms with Crippen molar-refractivity contribution in [2.24, 2.45) is 0 Å². The van der Waals surface area contributed by atoms with Gasteiger partial charge in [-0.3, -0.25) is 0 Å². The SMILES string of the molecule is O=C([O-])C(F)(C(F)(F)F)C(F)(F)N(C(F)(F)F)C(F)(F)F.[K+]. The van der Waals surface area contributed by atoms with Gasteiger partial charge in [0.1, 0.15) is 0 Å². The second-order valence-corrected chi connectivity index (χ2v) is 3.26. The molecule has 0 saturated carbocycles. The van der Waals surface area contributed by atoms with Crippen LogP contribution < -0.4 is 56.5 Å². The zero-order valence-electron chi connectivity index (χ0n) is 9.80. The maximum atomic E-state index is 12.9. The van der Waals surface area contributed by atoms with Gasteiger partial charge in [0, 0.05) is 0 Å². The number of aliphatic carboxylic acids is 1. The predicted molar refractivity (Wildman–Crippen MR) is 33.8 cm³/mol. The molecule has 0 bridgehead atoms. The van der Waals surface area contributed by atoms with Gasteiger partial charge in [0.2, 0.25) is 0 Å². The predicted octanol–water partition coefficient (Wildman–Crippen LogP) is -1.05. The Labute approximate surface area is 154 Å². The van der Waals surface area contributed by atoms with Crippen LogP contribution in [0.4, 0.5) is 52.7 Å². The summed E-state index contributed by atoms with van der Waals surface area (Å²) in [7, 11) is 0. The average molecular weight is 385 g/mol. The van der Waals surface area contributed by atoms with Crippen molar-refractivity contribution in [2.75, 3.05) is 0 Å². The molecule has 0 aliphatic carbocycles. The van der Waals surface area contributed by atoms with Gasteiger partial charge in [0.05, 0.1) is 5.97 Å². The van der Waals surface area contributed by atoms with E-state index < -0.39 is 41.4 Å². The Morgan fingerprint density at radius 1 is 0.727 bits per heavy atom. The Kier molecular flexibility index (Phi) is 7.36. The number of hydrogen-bond acceptors (Lipinski definition) is 3. The number of carbonyl (C=O) groups is 1. The van der Waals surface area contributed by atoms with Crippen LogP contribution in [0.3, 0.4) is 0 Å². The third kappa shape index (κ3) is 4.19. The quantitative estimate of drug-likeness (QED) is 0.354. The van der Waals surface area contributed by atoms with Crippen LogP contribution in [0.1, 0.15) is 0 Å². The second kappa shape index (κ2) is 6.62. The molecule has 0 aromatic carbocycles. The van der Waals surface area contributed by atoms with Gasteiger partial charge in [-0.2, -0.15) is 48.3 Å². The van der Waals surface area contributed by atoms with Crippen molar-refractivity contribution >= 4 is 5.97 Å². The molecule has 0 aromatic rings. The first-order valence-electron chi connectivity index (χ1n) is 4.10. The Hall–Kier alpha value is 0.226. The molecule has 0 amide bonds. The summed E-state index contributed by atoms with van der Waals surface area (Å²) in [6.45, 7) is 0. The smallest absolute Gasteiger partial charge is 0.546 e. The van der Waals surface area contributed by atoms with E-state index >= 15 is 0 Å². The summed E-state index contributed by atoms with van der Waals surface area (Å²) in [5.41, 5.74) is -7.27. The number of nitrogens with zero attached hydrogens (tertiary/aromatic N) is 1. The Balaban J connectivity index is 0. The molecule has 0 aliphatic heterocycles. The first kappa shape index (κ1) is 24.5. The fraction of sp³-hybridized carbons (Fsp3) is 0.833. The van der Waals surface area contributed by atoms with Gasteiger partial charge in [-0.05, 0) is 0 Å². The Morgan fingerprint density at radius 3 is 1.14 bits per heavy atom. The first-order valence-corrected chi connectivity index (χ1v) is 4.10. The molecule has 0 saturated heterocycles. The number of alkyl halides is 12. The minimum Gasteiger partial charge on any atom is -0.546 e. The number of carboxylic acids is 1.